The number of rotatable bonds is 17. The lowest BCUT2D eigenvalue weighted by Crippen LogP contribution is -2.68. The van der Waals surface area contributed by atoms with Gasteiger partial charge in [-0.1, -0.05) is 0 Å². The summed E-state index contributed by atoms with van der Waals surface area (Å²) < 4.78 is 73.8. The van der Waals surface area contributed by atoms with Crippen molar-refractivity contribution in [2.75, 3.05) is 61.5 Å². The Morgan fingerprint density at radius 2 is 0.567 bits per heavy atom. The summed E-state index contributed by atoms with van der Waals surface area (Å²) in [5.41, 5.74) is 0. The van der Waals surface area contributed by atoms with E-state index in [1.165, 1.54) is 28.4 Å². The largest absolute Gasteiger partial charge is 0.394 e. The Kier molecular flexibility index (Phi) is 18.5. The molecule has 5 aliphatic heterocycles. The minimum atomic E-state index is -1.84. The van der Waals surface area contributed by atoms with Crippen molar-refractivity contribution < 1.29 is 128 Å². The second-order valence-corrected chi connectivity index (χ2v) is 14.8. The summed E-state index contributed by atoms with van der Waals surface area (Å²) in [4.78, 5) is 0. The van der Waals surface area contributed by atoms with Crippen molar-refractivity contribution in [1.29, 1.82) is 0 Å². The van der Waals surface area contributed by atoms with E-state index in [0.29, 0.717) is 0 Å². The lowest BCUT2D eigenvalue weighted by Gasteiger charge is -2.50. The maximum atomic E-state index is 11.5. The summed E-state index contributed by atoms with van der Waals surface area (Å²) in [6.07, 6.45) is -38.6. The molecule has 0 spiro atoms. The minimum Gasteiger partial charge on any atom is -0.394 e. The first kappa shape index (κ1) is 50.0. The van der Waals surface area contributed by atoms with Crippen LogP contribution in [0.1, 0.15) is 0 Å². The fourth-order valence-electron chi connectivity index (χ4n) is 8.06. The van der Waals surface area contributed by atoms with Gasteiger partial charge in [0.1, 0.15) is 122 Å². The van der Waals surface area contributed by atoms with Gasteiger partial charge in [-0.3, -0.25) is 0 Å². The Morgan fingerprint density at radius 1 is 0.300 bits per heavy atom. The monoisotopic (exact) mass is 884 g/mol. The quantitative estimate of drug-likeness (QED) is 0.0645. The Hall–Kier alpha value is -1.04. The smallest absolute Gasteiger partial charge is 0.187 e. The van der Waals surface area contributed by atoms with Gasteiger partial charge in [-0.15, -0.1) is 0 Å². The summed E-state index contributed by atoms with van der Waals surface area (Å²) >= 11 is 0. The average molecular weight is 885 g/mol. The number of ether oxygens (including phenoxy) is 13. The maximum Gasteiger partial charge on any atom is 0.187 e. The molecule has 0 aliphatic carbocycles. The van der Waals surface area contributed by atoms with Crippen molar-refractivity contribution in [1.82, 2.24) is 0 Å². The van der Waals surface area contributed by atoms with Crippen LogP contribution in [0.3, 0.4) is 0 Å². The second kappa shape index (κ2) is 22.2. The van der Waals surface area contributed by atoms with Crippen molar-refractivity contribution in [2.45, 2.75) is 154 Å². The lowest BCUT2D eigenvalue weighted by molar-refractivity contribution is -0.395. The third-order valence-electron chi connectivity index (χ3n) is 11.3. The van der Waals surface area contributed by atoms with E-state index in [0.717, 1.165) is 0 Å². The molecule has 13 N–H and O–H groups in total. The molecule has 0 radical (unpaired) electrons. The van der Waals surface area contributed by atoms with E-state index >= 15 is 0 Å². The molecule has 0 saturated carbocycles. The van der Waals surface area contributed by atoms with E-state index in [4.69, 9.17) is 61.6 Å². The van der Waals surface area contributed by atoms with Crippen LogP contribution in [-0.2, 0) is 61.6 Å². The molecule has 26 nitrogen and oxygen atoms in total. The highest BCUT2D eigenvalue weighted by atomic mass is 16.8. The predicted molar refractivity (Wildman–Crippen MR) is 186 cm³/mol. The first-order chi connectivity index (χ1) is 28.7. The van der Waals surface area contributed by atoms with E-state index in [9.17, 15) is 66.4 Å². The van der Waals surface area contributed by atoms with Crippen LogP contribution in [0.25, 0.3) is 0 Å². The lowest BCUT2D eigenvalue weighted by atomic mass is 9.95. The number of methoxy groups -OCH3 is 4. The molecule has 5 aliphatic rings. The van der Waals surface area contributed by atoms with Gasteiger partial charge in [0, 0.05) is 28.4 Å². The SMILES string of the molecule is CO[C@@H]1[C@H](O)[C@@H](O[C@H]2[C@H](OC)[C@H](O)[C@@H](O[C@H]3[C@H](OC)[C@H](O)[C@@H](O)O[C@@H]3CO)O[C@@H]2CO)O[C@H](CO)[C@H]1O[C@H]1O[C@H](CO)[C@@H](O[C@H]2O[C@H](CO)[C@@H](O)[C@H](O)[C@H]2O)[C@H](OC)[C@@H]1O. The zero-order chi connectivity index (χ0) is 44.2. The number of hydrogen-bond donors (Lipinski definition) is 13. The van der Waals surface area contributed by atoms with Crippen LogP contribution in [0, 0.1) is 0 Å². The second-order valence-electron chi connectivity index (χ2n) is 14.8. The van der Waals surface area contributed by atoms with Crippen LogP contribution in [0.15, 0.2) is 0 Å². The normalized spacial score (nSPS) is 50.5. The van der Waals surface area contributed by atoms with Gasteiger partial charge < -0.3 is 128 Å². The highest BCUT2D eigenvalue weighted by Crippen LogP contribution is 2.37. The third kappa shape index (κ3) is 10.1. The molecule has 5 fully saturated rings. The number of hydrogen-bond acceptors (Lipinski definition) is 26. The van der Waals surface area contributed by atoms with Crippen LogP contribution < -0.4 is 0 Å². The van der Waals surface area contributed by atoms with Crippen molar-refractivity contribution >= 4 is 0 Å². The zero-order valence-corrected chi connectivity index (χ0v) is 33.1. The van der Waals surface area contributed by atoms with Gasteiger partial charge in [0.05, 0.1) is 33.0 Å². The first-order valence-electron chi connectivity index (χ1n) is 19.2. The Balaban J connectivity index is 1.29. The Bertz CT molecular complexity index is 1270. The van der Waals surface area contributed by atoms with E-state index < -0.39 is 187 Å². The van der Waals surface area contributed by atoms with Gasteiger partial charge in [-0.05, 0) is 0 Å². The van der Waals surface area contributed by atoms with Crippen molar-refractivity contribution in [3.63, 3.8) is 0 Å². The number of aliphatic hydroxyl groups excluding tert-OH is 13. The molecular formula is C34H60O26. The third-order valence-corrected chi connectivity index (χ3v) is 11.3. The molecule has 5 saturated heterocycles. The molecule has 0 amide bonds. The zero-order valence-electron chi connectivity index (χ0n) is 33.1. The molecule has 0 aromatic rings. The molecule has 26 heteroatoms. The molecule has 60 heavy (non-hydrogen) atoms. The Labute approximate surface area is 343 Å². The van der Waals surface area contributed by atoms with Gasteiger partial charge >= 0.3 is 0 Å². The first-order valence-corrected chi connectivity index (χ1v) is 19.2. The van der Waals surface area contributed by atoms with Crippen LogP contribution >= 0.6 is 0 Å². The van der Waals surface area contributed by atoms with E-state index in [2.05, 4.69) is 0 Å². The summed E-state index contributed by atoms with van der Waals surface area (Å²) in [5.74, 6) is 0. The summed E-state index contributed by atoms with van der Waals surface area (Å²) in [6.45, 7) is -3.85. The van der Waals surface area contributed by atoms with Gasteiger partial charge in [0.25, 0.3) is 0 Å². The minimum absolute atomic E-state index is 0.699. The average Bonchev–Trinajstić information content (AvgIpc) is 3.24. The summed E-state index contributed by atoms with van der Waals surface area (Å²) in [7, 11) is 4.75. The van der Waals surface area contributed by atoms with Gasteiger partial charge in [-0.25, -0.2) is 0 Å². The fourth-order valence-corrected chi connectivity index (χ4v) is 8.06. The maximum absolute atomic E-state index is 11.5. The molecule has 352 valence electrons. The Morgan fingerprint density at radius 3 is 0.867 bits per heavy atom. The molecule has 25 atom stereocenters. The van der Waals surface area contributed by atoms with Crippen LogP contribution in [0.2, 0.25) is 0 Å². The molecule has 0 aromatic heterocycles. The molecule has 5 rings (SSSR count). The molecular weight excluding hydrogens is 824 g/mol. The molecule has 5 heterocycles. The van der Waals surface area contributed by atoms with Crippen LogP contribution in [-0.4, -0.2) is 281 Å². The molecule has 0 aromatic carbocycles. The molecule has 0 bridgehead atoms. The summed E-state index contributed by atoms with van der Waals surface area (Å²) in [5, 5.41) is 136. The van der Waals surface area contributed by atoms with Crippen molar-refractivity contribution in [3.8, 4) is 0 Å². The topological polar surface area (TPSA) is 383 Å². The van der Waals surface area contributed by atoms with E-state index in [1.807, 2.05) is 0 Å². The van der Waals surface area contributed by atoms with E-state index in [1.54, 1.807) is 0 Å². The van der Waals surface area contributed by atoms with Gasteiger partial charge in [0.15, 0.2) is 31.5 Å². The highest BCUT2D eigenvalue weighted by molar-refractivity contribution is 5.00. The van der Waals surface area contributed by atoms with Crippen LogP contribution in [0.4, 0.5) is 0 Å². The standard InChI is InChI=1S/C34H60O26/c1-48-26-18(43)30(47)52-11(6-36)22(26)58-32-20(45)28(50-3)24(13(8-38)55-32)60-34-21(46)29(51-4)25(14(9-39)56-34)59-33-19(44)27(49-2)23(12(7-37)54-33)57-31-17(42)16(41)15(40)10(5-35)53-31/h10-47H,5-9H2,1-4H3/t10-,11-,12-,13-,14-,15-,16+,17-,18+,19+,20+,21+,22-,23-,24-,25-,26-,27-,28-,29-,30+,31-,32-,33-,34-/m1/s1. The van der Waals surface area contributed by atoms with E-state index in [-0.39, 0.29) is 0 Å². The number of aliphatic hydroxyl groups is 13. The van der Waals surface area contributed by atoms with Crippen molar-refractivity contribution in [3.05, 3.63) is 0 Å². The highest BCUT2D eigenvalue weighted by Gasteiger charge is 2.57. The molecule has 0 unspecified atom stereocenters. The van der Waals surface area contributed by atoms with Crippen molar-refractivity contribution in [2.24, 2.45) is 0 Å². The fraction of sp³-hybridized carbons (Fsp3) is 1.00. The van der Waals surface area contributed by atoms with Gasteiger partial charge in [0.2, 0.25) is 0 Å². The summed E-state index contributed by atoms with van der Waals surface area (Å²) in [6, 6.07) is 0. The van der Waals surface area contributed by atoms with Gasteiger partial charge in [-0.2, -0.15) is 0 Å². The van der Waals surface area contributed by atoms with Crippen LogP contribution in [0.5, 0.6) is 0 Å². The predicted octanol–water partition coefficient (Wildman–Crippen LogP) is -9.31.